The third-order valence-corrected chi connectivity index (χ3v) is 4.13. The van der Waals surface area contributed by atoms with Crippen LogP contribution in [0.15, 0.2) is 47.4 Å². The molecular weight excluding hydrogens is 340 g/mol. The molecule has 0 spiro atoms. The van der Waals surface area contributed by atoms with Gasteiger partial charge in [-0.25, -0.2) is 12.8 Å². The lowest BCUT2D eigenvalue weighted by molar-refractivity contribution is 0.102. The first kappa shape index (κ1) is 15.8. The standard InChI is InChI=1S/C13H8Cl2FNO3S/c14-9-3-1-2-8(6-9)13(18)17-10-4-5-12(11(16)7-10)21(15,19)20/h1-7H,(H,17,18). The van der Waals surface area contributed by atoms with Gasteiger partial charge in [0.25, 0.3) is 15.0 Å². The van der Waals surface area contributed by atoms with E-state index in [2.05, 4.69) is 5.32 Å². The number of nitrogens with one attached hydrogen (secondary N) is 1. The van der Waals surface area contributed by atoms with Crippen LogP contribution in [0.2, 0.25) is 5.02 Å². The molecule has 110 valence electrons. The summed E-state index contributed by atoms with van der Waals surface area (Å²) in [5.41, 5.74) is 0.387. The zero-order chi connectivity index (χ0) is 15.6. The van der Waals surface area contributed by atoms with E-state index in [-0.39, 0.29) is 11.3 Å². The summed E-state index contributed by atoms with van der Waals surface area (Å²) >= 11 is 5.77. The van der Waals surface area contributed by atoms with Crippen molar-refractivity contribution in [1.29, 1.82) is 0 Å². The summed E-state index contributed by atoms with van der Waals surface area (Å²) in [5, 5.41) is 2.82. The van der Waals surface area contributed by atoms with Crippen molar-refractivity contribution in [2.24, 2.45) is 0 Å². The minimum atomic E-state index is -4.17. The molecule has 0 saturated heterocycles. The Morgan fingerprint density at radius 2 is 1.86 bits per heavy atom. The molecule has 1 amide bonds. The van der Waals surface area contributed by atoms with Crippen LogP contribution < -0.4 is 5.32 Å². The summed E-state index contributed by atoms with van der Waals surface area (Å²) in [5.74, 6) is -1.55. The number of anilines is 1. The lowest BCUT2D eigenvalue weighted by Crippen LogP contribution is -2.12. The van der Waals surface area contributed by atoms with Gasteiger partial charge in [0, 0.05) is 27.0 Å². The highest BCUT2D eigenvalue weighted by Gasteiger charge is 2.17. The number of carbonyl (C=O) groups excluding carboxylic acids is 1. The van der Waals surface area contributed by atoms with Crippen LogP contribution >= 0.6 is 22.3 Å². The summed E-state index contributed by atoms with van der Waals surface area (Å²) in [6.07, 6.45) is 0. The number of hydrogen-bond donors (Lipinski definition) is 1. The fraction of sp³-hybridized carbons (Fsp3) is 0. The van der Waals surface area contributed by atoms with Crippen molar-refractivity contribution in [3.05, 3.63) is 58.9 Å². The molecular formula is C13H8Cl2FNO3S. The van der Waals surface area contributed by atoms with E-state index in [1.807, 2.05) is 0 Å². The Bertz CT molecular complexity index is 809. The van der Waals surface area contributed by atoms with Gasteiger partial charge < -0.3 is 5.32 Å². The third kappa shape index (κ3) is 3.93. The minimum absolute atomic E-state index is 0.0987. The Morgan fingerprint density at radius 1 is 1.14 bits per heavy atom. The number of benzene rings is 2. The van der Waals surface area contributed by atoms with Crippen molar-refractivity contribution in [2.75, 3.05) is 5.32 Å². The summed E-state index contributed by atoms with van der Waals surface area (Å²) in [7, 11) is 0.896. The lowest BCUT2D eigenvalue weighted by Gasteiger charge is -2.07. The smallest absolute Gasteiger partial charge is 0.264 e. The van der Waals surface area contributed by atoms with Crippen molar-refractivity contribution in [1.82, 2.24) is 0 Å². The predicted octanol–water partition coefficient (Wildman–Crippen LogP) is 3.66. The number of amides is 1. The van der Waals surface area contributed by atoms with Crippen LogP contribution in [0.25, 0.3) is 0 Å². The first-order chi connectivity index (χ1) is 9.77. The zero-order valence-electron chi connectivity index (χ0n) is 10.3. The van der Waals surface area contributed by atoms with Gasteiger partial charge in [0.15, 0.2) is 0 Å². The predicted molar refractivity (Wildman–Crippen MR) is 78.8 cm³/mol. The number of carbonyl (C=O) groups is 1. The Balaban J connectivity index is 2.25. The zero-order valence-corrected chi connectivity index (χ0v) is 12.6. The maximum Gasteiger partial charge on any atom is 0.264 e. The fourth-order valence-electron chi connectivity index (χ4n) is 1.61. The molecule has 0 aliphatic carbocycles. The number of rotatable bonds is 3. The van der Waals surface area contributed by atoms with Gasteiger partial charge in [-0.2, -0.15) is 0 Å². The van der Waals surface area contributed by atoms with E-state index in [0.29, 0.717) is 5.02 Å². The highest BCUT2D eigenvalue weighted by molar-refractivity contribution is 8.13. The van der Waals surface area contributed by atoms with E-state index in [1.165, 1.54) is 18.2 Å². The van der Waals surface area contributed by atoms with Gasteiger partial charge in [0.2, 0.25) is 0 Å². The molecule has 2 rings (SSSR count). The molecule has 21 heavy (non-hydrogen) atoms. The molecule has 0 fully saturated rings. The first-order valence-electron chi connectivity index (χ1n) is 5.58. The quantitative estimate of drug-likeness (QED) is 0.861. The van der Waals surface area contributed by atoms with E-state index < -0.39 is 25.7 Å². The second kappa shape index (κ2) is 6.01. The Labute approximate surface area is 129 Å². The third-order valence-electron chi connectivity index (χ3n) is 2.54. The van der Waals surface area contributed by atoms with Crippen LogP contribution in [-0.2, 0) is 9.05 Å². The SMILES string of the molecule is O=C(Nc1ccc(S(=O)(=O)Cl)c(F)c1)c1cccc(Cl)c1. The maximum absolute atomic E-state index is 13.6. The molecule has 0 aromatic heterocycles. The van der Waals surface area contributed by atoms with Crippen LogP contribution in [-0.4, -0.2) is 14.3 Å². The summed E-state index contributed by atoms with van der Waals surface area (Å²) in [6.45, 7) is 0. The largest absolute Gasteiger partial charge is 0.322 e. The second-order valence-electron chi connectivity index (χ2n) is 4.05. The summed E-state index contributed by atoms with van der Waals surface area (Å²) in [6, 6.07) is 9.28. The molecule has 8 heteroatoms. The average Bonchev–Trinajstić information content (AvgIpc) is 2.37. The normalized spacial score (nSPS) is 11.2. The van der Waals surface area contributed by atoms with Crippen molar-refractivity contribution >= 4 is 42.9 Å². The van der Waals surface area contributed by atoms with Gasteiger partial charge in [-0.05, 0) is 36.4 Å². The topological polar surface area (TPSA) is 63.2 Å². The van der Waals surface area contributed by atoms with E-state index in [4.69, 9.17) is 22.3 Å². The van der Waals surface area contributed by atoms with Crippen molar-refractivity contribution in [3.8, 4) is 0 Å². The van der Waals surface area contributed by atoms with Crippen molar-refractivity contribution in [3.63, 3.8) is 0 Å². The summed E-state index contributed by atoms with van der Waals surface area (Å²) in [4.78, 5) is 11.3. The molecule has 0 aliphatic rings. The van der Waals surface area contributed by atoms with Gasteiger partial charge in [0.1, 0.15) is 10.7 Å². The molecule has 0 saturated carbocycles. The van der Waals surface area contributed by atoms with Crippen LogP contribution in [0, 0.1) is 5.82 Å². The number of hydrogen-bond acceptors (Lipinski definition) is 3. The van der Waals surface area contributed by atoms with Crippen LogP contribution in [0.5, 0.6) is 0 Å². The fourth-order valence-corrected chi connectivity index (χ4v) is 2.70. The lowest BCUT2D eigenvalue weighted by atomic mass is 10.2. The Hall–Kier alpha value is -1.63. The Morgan fingerprint density at radius 3 is 2.43 bits per heavy atom. The molecule has 0 unspecified atom stereocenters. The molecule has 1 N–H and O–H groups in total. The van der Waals surface area contributed by atoms with Crippen LogP contribution in [0.4, 0.5) is 10.1 Å². The van der Waals surface area contributed by atoms with Gasteiger partial charge in [0.05, 0.1) is 0 Å². The minimum Gasteiger partial charge on any atom is -0.322 e. The average molecular weight is 348 g/mol. The maximum atomic E-state index is 13.6. The van der Waals surface area contributed by atoms with Gasteiger partial charge in [-0.3, -0.25) is 4.79 Å². The summed E-state index contributed by atoms with van der Waals surface area (Å²) < 4.78 is 35.8. The molecule has 0 heterocycles. The molecule has 4 nitrogen and oxygen atoms in total. The molecule has 0 bridgehead atoms. The molecule has 0 aliphatic heterocycles. The molecule has 0 radical (unpaired) electrons. The van der Waals surface area contributed by atoms with Gasteiger partial charge >= 0.3 is 0 Å². The van der Waals surface area contributed by atoms with E-state index in [0.717, 1.165) is 12.1 Å². The van der Waals surface area contributed by atoms with Gasteiger partial charge in [-0.15, -0.1) is 0 Å². The van der Waals surface area contributed by atoms with Gasteiger partial charge in [-0.1, -0.05) is 17.7 Å². The van der Waals surface area contributed by atoms with Crippen LogP contribution in [0.1, 0.15) is 10.4 Å². The number of halogens is 3. The van der Waals surface area contributed by atoms with E-state index in [9.17, 15) is 17.6 Å². The Kier molecular flexibility index (Phi) is 4.51. The van der Waals surface area contributed by atoms with Crippen LogP contribution in [0.3, 0.4) is 0 Å². The highest BCUT2D eigenvalue weighted by atomic mass is 35.7. The second-order valence-corrected chi connectivity index (χ2v) is 7.02. The van der Waals surface area contributed by atoms with Crippen molar-refractivity contribution < 1.29 is 17.6 Å². The van der Waals surface area contributed by atoms with E-state index >= 15 is 0 Å². The molecule has 0 atom stereocenters. The first-order valence-corrected chi connectivity index (χ1v) is 8.27. The molecule has 2 aromatic rings. The monoisotopic (exact) mass is 347 g/mol. The molecule has 2 aromatic carbocycles. The van der Waals surface area contributed by atoms with E-state index in [1.54, 1.807) is 12.1 Å². The van der Waals surface area contributed by atoms with Crippen molar-refractivity contribution in [2.45, 2.75) is 4.90 Å². The highest BCUT2D eigenvalue weighted by Crippen LogP contribution is 2.22.